The van der Waals surface area contributed by atoms with Crippen LogP contribution in [0.25, 0.3) is 22.6 Å². The summed E-state index contributed by atoms with van der Waals surface area (Å²) in [6, 6.07) is 8.02. The number of hydrogen-bond acceptors (Lipinski definition) is 5. The number of halogens is 1. The number of nitrogens with zero attached hydrogens (tertiary/aromatic N) is 4. The molecule has 3 heterocycles. The zero-order valence-corrected chi connectivity index (χ0v) is 13.9. The van der Waals surface area contributed by atoms with E-state index in [1.165, 1.54) is 11.0 Å². The third kappa shape index (κ3) is 2.82. The maximum absolute atomic E-state index is 14.6. The summed E-state index contributed by atoms with van der Waals surface area (Å²) in [7, 11) is 1.77. The molecule has 1 saturated heterocycles. The summed E-state index contributed by atoms with van der Waals surface area (Å²) in [5, 5.41) is 16.2. The van der Waals surface area contributed by atoms with Crippen molar-refractivity contribution in [2.75, 3.05) is 18.1 Å². The fourth-order valence-electron chi connectivity index (χ4n) is 2.84. The lowest BCUT2D eigenvalue weighted by Crippen LogP contribution is -2.25. The van der Waals surface area contributed by atoms with Crippen molar-refractivity contribution in [3.8, 4) is 22.6 Å². The number of aliphatic hydroxyl groups is 1. The van der Waals surface area contributed by atoms with Gasteiger partial charge in [0.2, 0.25) is 0 Å². The summed E-state index contributed by atoms with van der Waals surface area (Å²) in [4.78, 5) is 19.0. The van der Waals surface area contributed by atoms with Crippen LogP contribution in [0.2, 0.25) is 0 Å². The highest BCUT2D eigenvalue weighted by atomic mass is 19.1. The van der Waals surface area contributed by atoms with Gasteiger partial charge in [0.1, 0.15) is 17.6 Å². The van der Waals surface area contributed by atoms with Crippen LogP contribution in [0.15, 0.2) is 36.5 Å². The van der Waals surface area contributed by atoms with E-state index >= 15 is 0 Å². The molecule has 4 rings (SSSR count). The number of H-pyrrole nitrogens is 1. The average molecular weight is 357 g/mol. The number of nitrogens with one attached hydrogen (secondary N) is 1. The summed E-state index contributed by atoms with van der Waals surface area (Å²) in [6.45, 7) is -0.0787. The van der Waals surface area contributed by atoms with Crippen molar-refractivity contribution >= 4 is 11.8 Å². The Hall–Kier alpha value is -3.20. The van der Waals surface area contributed by atoms with Gasteiger partial charge < -0.3 is 9.84 Å². The third-order valence-electron chi connectivity index (χ3n) is 4.18. The molecule has 1 aliphatic heterocycles. The molecular weight excluding hydrogens is 341 g/mol. The molecule has 0 aliphatic carbocycles. The number of pyridine rings is 1. The van der Waals surface area contributed by atoms with E-state index in [0.717, 1.165) is 0 Å². The van der Waals surface area contributed by atoms with Crippen LogP contribution in [0.3, 0.4) is 0 Å². The molecule has 134 valence electrons. The molecule has 0 radical (unpaired) electrons. The minimum atomic E-state index is -0.596. The second kappa shape index (κ2) is 6.26. The zero-order valence-electron chi connectivity index (χ0n) is 13.9. The van der Waals surface area contributed by atoms with E-state index in [0.29, 0.717) is 28.3 Å². The van der Waals surface area contributed by atoms with Gasteiger partial charge in [0.25, 0.3) is 0 Å². The molecule has 2 aromatic heterocycles. The van der Waals surface area contributed by atoms with E-state index < -0.39 is 18.0 Å². The number of carbonyl (C=O) groups is 1. The van der Waals surface area contributed by atoms with Crippen LogP contribution >= 0.6 is 0 Å². The van der Waals surface area contributed by atoms with E-state index in [1.807, 2.05) is 0 Å². The van der Waals surface area contributed by atoms with Gasteiger partial charge in [0, 0.05) is 24.4 Å². The van der Waals surface area contributed by atoms with E-state index in [9.17, 15) is 9.18 Å². The predicted molar refractivity (Wildman–Crippen MR) is 90.9 cm³/mol. The highest BCUT2D eigenvalue weighted by Crippen LogP contribution is 2.29. The van der Waals surface area contributed by atoms with Gasteiger partial charge >= 0.3 is 6.09 Å². The summed E-state index contributed by atoms with van der Waals surface area (Å²) in [6.07, 6.45) is 0.381. The van der Waals surface area contributed by atoms with Crippen LogP contribution in [0, 0.1) is 5.82 Å². The molecule has 1 aliphatic rings. The maximum Gasteiger partial charge on any atom is 0.414 e. The van der Waals surface area contributed by atoms with Crippen LogP contribution in [-0.2, 0) is 11.8 Å². The van der Waals surface area contributed by atoms with Gasteiger partial charge in [-0.2, -0.15) is 0 Å². The maximum atomic E-state index is 14.6. The van der Waals surface area contributed by atoms with Crippen molar-refractivity contribution in [2.24, 2.45) is 7.05 Å². The fraction of sp³-hybridized carbons (Fsp3) is 0.235. The monoisotopic (exact) mass is 357 g/mol. The summed E-state index contributed by atoms with van der Waals surface area (Å²) >= 11 is 0. The van der Waals surface area contributed by atoms with Crippen LogP contribution in [0.1, 0.15) is 0 Å². The molecule has 1 aromatic carbocycles. The Morgan fingerprint density at radius 1 is 1.38 bits per heavy atom. The molecule has 0 saturated carbocycles. The Kier molecular flexibility index (Phi) is 3.92. The first-order valence-electron chi connectivity index (χ1n) is 7.99. The molecule has 1 amide bonds. The number of aromatic amines is 1. The first-order chi connectivity index (χ1) is 12.5. The minimum Gasteiger partial charge on any atom is -0.441 e. The summed E-state index contributed by atoms with van der Waals surface area (Å²) in [5.41, 5.74) is 2.04. The number of hydrogen-bond donors (Lipinski definition) is 2. The highest BCUT2D eigenvalue weighted by Gasteiger charge is 2.32. The van der Waals surface area contributed by atoms with Gasteiger partial charge in [-0.1, -0.05) is 6.07 Å². The Bertz CT molecular complexity index is 938. The number of aliphatic hydroxyl groups excluding tert-OH is 1. The second-order valence-electron chi connectivity index (χ2n) is 5.98. The molecule has 26 heavy (non-hydrogen) atoms. The number of amides is 1. The Balaban J connectivity index is 1.58. The van der Waals surface area contributed by atoms with Crippen LogP contribution in [-0.4, -0.2) is 50.4 Å². The van der Waals surface area contributed by atoms with Gasteiger partial charge in [-0.15, -0.1) is 5.10 Å². The minimum absolute atomic E-state index is 0.188. The first-order valence-corrected chi connectivity index (χ1v) is 7.99. The van der Waals surface area contributed by atoms with Crippen LogP contribution in [0.5, 0.6) is 0 Å². The van der Waals surface area contributed by atoms with E-state index in [-0.39, 0.29) is 13.2 Å². The van der Waals surface area contributed by atoms with Gasteiger partial charge in [0.15, 0.2) is 5.82 Å². The topological polar surface area (TPSA) is 96.3 Å². The Morgan fingerprint density at radius 3 is 2.77 bits per heavy atom. The number of benzene rings is 1. The molecule has 2 N–H and O–H groups in total. The largest absolute Gasteiger partial charge is 0.441 e. The van der Waals surface area contributed by atoms with Crippen molar-refractivity contribution in [1.29, 1.82) is 0 Å². The Morgan fingerprint density at radius 2 is 2.19 bits per heavy atom. The van der Waals surface area contributed by atoms with E-state index in [2.05, 4.69) is 15.2 Å². The number of aromatic nitrogens is 4. The second-order valence-corrected chi connectivity index (χ2v) is 5.98. The van der Waals surface area contributed by atoms with Crippen molar-refractivity contribution in [3.05, 3.63) is 42.3 Å². The number of ether oxygens (including phenoxy) is 1. The number of rotatable bonds is 4. The first kappa shape index (κ1) is 16.3. The zero-order chi connectivity index (χ0) is 18.3. The molecular formula is C17H16FN5O3. The summed E-state index contributed by atoms with van der Waals surface area (Å²) < 4.78 is 19.6. The molecule has 0 spiro atoms. The summed E-state index contributed by atoms with van der Waals surface area (Å²) in [5.74, 6) is 0.178. The quantitative estimate of drug-likeness (QED) is 0.744. The molecule has 1 fully saturated rings. The number of carbonyl (C=O) groups excluding carboxylic acids is 1. The van der Waals surface area contributed by atoms with Crippen LogP contribution < -0.4 is 4.90 Å². The molecule has 1 atom stereocenters. The third-order valence-corrected chi connectivity index (χ3v) is 4.18. The molecule has 0 unspecified atom stereocenters. The van der Waals surface area contributed by atoms with Crippen molar-refractivity contribution < 1.29 is 19.0 Å². The normalized spacial score (nSPS) is 17.0. The smallest absolute Gasteiger partial charge is 0.414 e. The van der Waals surface area contributed by atoms with E-state index in [4.69, 9.17) is 9.84 Å². The Labute approximate surface area is 147 Å². The fourth-order valence-corrected chi connectivity index (χ4v) is 2.84. The lowest BCUT2D eigenvalue weighted by molar-refractivity contribution is 0.0963. The molecule has 8 nitrogen and oxygen atoms in total. The van der Waals surface area contributed by atoms with Gasteiger partial charge in [-0.25, -0.2) is 14.0 Å². The highest BCUT2D eigenvalue weighted by molar-refractivity contribution is 5.90. The van der Waals surface area contributed by atoms with Gasteiger partial charge in [-0.3, -0.25) is 15.0 Å². The predicted octanol–water partition coefficient (Wildman–Crippen LogP) is 1.93. The van der Waals surface area contributed by atoms with Crippen LogP contribution in [0.4, 0.5) is 14.9 Å². The lowest BCUT2D eigenvalue weighted by atomic mass is 10.1. The van der Waals surface area contributed by atoms with Gasteiger partial charge in [0.05, 0.1) is 18.8 Å². The van der Waals surface area contributed by atoms with Crippen molar-refractivity contribution in [2.45, 2.75) is 6.10 Å². The SMILES string of the molecule is Cn1nc(-c2ccc(-c3ccc(N4C[C@H](CO)OC4=O)cc3F)cn2)[nH]1. The van der Waals surface area contributed by atoms with Crippen molar-refractivity contribution in [3.63, 3.8) is 0 Å². The number of anilines is 1. The van der Waals surface area contributed by atoms with Crippen molar-refractivity contribution in [1.82, 2.24) is 20.0 Å². The van der Waals surface area contributed by atoms with E-state index in [1.54, 1.807) is 42.3 Å². The number of cyclic esters (lactones) is 1. The standard InChI is InChI=1S/C17H16FN5O3/c1-22-20-16(21-22)15-5-2-10(7-19-15)13-4-3-11(6-14(13)18)23-8-12(9-24)26-17(23)25/h2-7,12,24H,8-9H2,1H3,(H,20,21)/t12-/m1/s1. The number of aryl methyl sites for hydroxylation is 1. The average Bonchev–Trinajstić information content (AvgIpc) is 3.00. The molecule has 9 heteroatoms. The molecule has 0 bridgehead atoms. The molecule has 3 aromatic rings. The lowest BCUT2D eigenvalue weighted by Gasteiger charge is -2.14. The van der Waals surface area contributed by atoms with Gasteiger partial charge in [-0.05, 0) is 24.3 Å².